The van der Waals surface area contributed by atoms with Gasteiger partial charge in [-0.3, -0.25) is 0 Å². The molecule has 0 bridgehead atoms. The van der Waals surface area contributed by atoms with E-state index in [1.165, 1.54) is 0 Å². The molecule has 0 fully saturated rings. The molecule has 0 aliphatic rings. The number of aromatic nitrogens is 3. The second kappa shape index (κ2) is 9.53. The highest BCUT2D eigenvalue weighted by atomic mass is 35.5. The number of phenols is 1. The maximum Gasteiger partial charge on any atom is 0.174 e. The lowest BCUT2D eigenvalue weighted by molar-refractivity contribution is 0.286. The van der Waals surface area contributed by atoms with E-state index in [-0.39, 0.29) is 5.75 Å². The lowest BCUT2D eigenvalue weighted by atomic mass is 10.2. The van der Waals surface area contributed by atoms with Gasteiger partial charge in [0.25, 0.3) is 0 Å². The van der Waals surface area contributed by atoms with Crippen molar-refractivity contribution in [3.8, 4) is 17.1 Å². The van der Waals surface area contributed by atoms with Crippen molar-refractivity contribution >= 4 is 23.8 Å². The molecular weight excluding hydrogens is 372 g/mol. The van der Waals surface area contributed by atoms with E-state index in [0.29, 0.717) is 28.8 Å². The molecule has 0 aliphatic heterocycles. The zero-order valence-electron chi connectivity index (χ0n) is 16.2. The Labute approximate surface area is 170 Å². The highest BCUT2D eigenvalue weighted by molar-refractivity contribution is 6.32. The van der Waals surface area contributed by atoms with E-state index in [0.717, 1.165) is 25.2 Å². The Morgan fingerprint density at radius 1 is 1.04 bits per heavy atom. The number of hydrogen-bond donors (Lipinski definition) is 1. The summed E-state index contributed by atoms with van der Waals surface area (Å²) in [6.07, 6.45) is 3.75. The molecule has 28 heavy (non-hydrogen) atoms. The Hall–Kier alpha value is -2.63. The average Bonchev–Trinajstić information content (AvgIpc) is 3.11. The van der Waals surface area contributed by atoms with Crippen molar-refractivity contribution < 1.29 is 5.11 Å². The summed E-state index contributed by atoms with van der Waals surface area (Å²) in [6.45, 7) is 7.81. The molecule has 3 rings (SSSR count). The topological polar surface area (TPSA) is 54.2 Å². The van der Waals surface area contributed by atoms with Crippen LogP contribution < -0.4 is 0 Å². The molecule has 0 atom stereocenters. The summed E-state index contributed by atoms with van der Waals surface area (Å²) in [6, 6.07) is 14.8. The van der Waals surface area contributed by atoms with E-state index in [1.54, 1.807) is 12.1 Å². The fourth-order valence-corrected chi connectivity index (χ4v) is 3.20. The van der Waals surface area contributed by atoms with Gasteiger partial charge in [0.05, 0.1) is 12.1 Å². The van der Waals surface area contributed by atoms with E-state index in [2.05, 4.69) is 28.8 Å². The van der Waals surface area contributed by atoms with Crippen molar-refractivity contribution in [2.75, 3.05) is 19.6 Å². The maximum atomic E-state index is 10.3. The smallest absolute Gasteiger partial charge is 0.174 e. The Morgan fingerprint density at radius 2 is 1.75 bits per heavy atom. The summed E-state index contributed by atoms with van der Waals surface area (Å²) in [4.78, 5) is 6.99. The summed E-state index contributed by atoms with van der Waals surface area (Å²) in [5.41, 5.74) is 1.58. The molecule has 0 radical (unpaired) electrons. The number of likely N-dealkylation sites (N-methyl/N-ethyl adjacent to an activating group) is 1. The minimum Gasteiger partial charge on any atom is -0.507 e. The standard InChI is InChI=1S/C22H25ClN4O/c1-3-26(4-2)15-16-27-22(18-10-6-8-12-20(18)28)24-21(25-27)14-13-17-9-5-7-11-19(17)23/h5-14,28H,3-4,15-16H2,1-2H3/b14-13+. The Morgan fingerprint density at radius 3 is 2.46 bits per heavy atom. The average molecular weight is 397 g/mol. The molecule has 0 aliphatic carbocycles. The minimum atomic E-state index is 0.195. The fourth-order valence-electron chi connectivity index (χ4n) is 3.00. The number of benzene rings is 2. The first-order valence-electron chi connectivity index (χ1n) is 9.50. The normalized spacial score (nSPS) is 11.6. The van der Waals surface area contributed by atoms with Gasteiger partial charge in [-0.2, -0.15) is 5.10 Å². The highest BCUT2D eigenvalue weighted by Crippen LogP contribution is 2.27. The number of para-hydroxylation sites is 1. The first-order chi connectivity index (χ1) is 13.6. The summed E-state index contributed by atoms with van der Waals surface area (Å²) in [7, 11) is 0. The molecule has 0 unspecified atom stereocenters. The zero-order chi connectivity index (χ0) is 19.9. The van der Waals surface area contributed by atoms with Crippen LogP contribution in [0.25, 0.3) is 23.5 Å². The second-order valence-corrected chi connectivity index (χ2v) is 6.82. The number of halogens is 1. The van der Waals surface area contributed by atoms with Crippen molar-refractivity contribution in [3.63, 3.8) is 0 Å². The molecule has 0 spiro atoms. The van der Waals surface area contributed by atoms with Gasteiger partial charge in [0.1, 0.15) is 5.75 Å². The predicted octanol–water partition coefficient (Wildman–Crippen LogP) is 4.82. The molecular formula is C22H25ClN4O. The van der Waals surface area contributed by atoms with Crippen LogP contribution in [0, 0.1) is 0 Å². The van der Waals surface area contributed by atoms with Crippen LogP contribution in [-0.4, -0.2) is 44.4 Å². The Kier molecular flexibility index (Phi) is 6.85. The minimum absolute atomic E-state index is 0.195. The summed E-state index contributed by atoms with van der Waals surface area (Å²) < 4.78 is 1.86. The molecule has 5 nitrogen and oxygen atoms in total. The lowest BCUT2D eigenvalue weighted by Crippen LogP contribution is -2.27. The molecule has 6 heteroatoms. The van der Waals surface area contributed by atoms with Crippen LogP contribution in [-0.2, 0) is 6.54 Å². The van der Waals surface area contributed by atoms with Crippen LogP contribution in [0.1, 0.15) is 25.2 Å². The third-order valence-electron chi connectivity index (χ3n) is 4.67. The lowest BCUT2D eigenvalue weighted by Gasteiger charge is -2.18. The van der Waals surface area contributed by atoms with Gasteiger partial charge >= 0.3 is 0 Å². The number of rotatable bonds is 8. The first-order valence-corrected chi connectivity index (χ1v) is 9.88. The molecule has 0 saturated heterocycles. The van der Waals surface area contributed by atoms with Crippen molar-refractivity contribution in [3.05, 3.63) is 64.9 Å². The number of phenolic OH excluding ortho intramolecular Hbond substituents is 1. The Bertz CT molecular complexity index is 947. The van der Waals surface area contributed by atoms with E-state index in [4.69, 9.17) is 11.6 Å². The third-order valence-corrected chi connectivity index (χ3v) is 5.02. The molecule has 1 N–H and O–H groups in total. The largest absolute Gasteiger partial charge is 0.507 e. The van der Waals surface area contributed by atoms with Crippen molar-refractivity contribution in [1.29, 1.82) is 0 Å². The number of aromatic hydroxyl groups is 1. The number of nitrogens with zero attached hydrogens (tertiary/aromatic N) is 4. The van der Waals surface area contributed by atoms with Crippen molar-refractivity contribution in [1.82, 2.24) is 19.7 Å². The number of hydrogen-bond acceptors (Lipinski definition) is 4. The first kappa shape index (κ1) is 20.1. The van der Waals surface area contributed by atoms with Crippen LogP contribution in [0.5, 0.6) is 5.75 Å². The third kappa shape index (κ3) is 4.80. The molecule has 3 aromatic rings. The van der Waals surface area contributed by atoms with Crippen LogP contribution >= 0.6 is 11.6 Å². The van der Waals surface area contributed by atoms with Crippen molar-refractivity contribution in [2.45, 2.75) is 20.4 Å². The predicted molar refractivity (Wildman–Crippen MR) is 115 cm³/mol. The molecule has 2 aromatic carbocycles. The second-order valence-electron chi connectivity index (χ2n) is 6.42. The van der Waals surface area contributed by atoms with E-state index < -0.39 is 0 Å². The Balaban J connectivity index is 1.93. The van der Waals surface area contributed by atoms with Gasteiger partial charge in [0.2, 0.25) is 0 Å². The van der Waals surface area contributed by atoms with Crippen molar-refractivity contribution in [2.24, 2.45) is 0 Å². The van der Waals surface area contributed by atoms with Crippen LogP contribution in [0.4, 0.5) is 0 Å². The van der Waals surface area contributed by atoms with Crippen LogP contribution in [0.15, 0.2) is 48.5 Å². The van der Waals surface area contributed by atoms with Gasteiger partial charge in [-0.25, -0.2) is 9.67 Å². The molecule has 146 valence electrons. The summed E-state index contributed by atoms with van der Waals surface area (Å²) in [5.74, 6) is 1.43. The molecule has 0 saturated carbocycles. The maximum absolute atomic E-state index is 10.3. The van der Waals surface area contributed by atoms with Crippen LogP contribution in [0.2, 0.25) is 5.02 Å². The fraction of sp³-hybridized carbons (Fsp3) is 0.273. The zero-order valence-corrected chi connectivity index (χ0v) is 17.0. The van der Waals surface area contributed by atoms with Gasteiger partial charge in [-0.15, -0.1) is 0 Å². The molecule has 0 amide bonds. The van der Waals surface area contributed by atoms with Gasteiger partial charge in [-0.05, 0) is 49.0 Å². The van der Waals surface area contributed by atoms with Gasteiger partial charge in [0, 0.05) is 11.6 Å². The summed E-state index contributed by atoms with van der Waals surface area (Å²) >= 11 is 6.22. The quantitative estimate of drug-likeness (QED) is 0.593. The monoisotopic (exact) mass is 396 g/mol. The van der Waals surface area contributed by atoms with Gasteiger partial charge in [0.15, 0.2) is 11.6 Å². The summed E-state index contributed by atoms with van der Waals surface area (Å²) in [5, 5.41) is 15.6. The highest BCUT2D eigenvalue weighted by Gasteiger charge is 2.14. The van der Waals surface area contributed by atoms with E-state index >= 15 is 0 Å². The molecule has 1 heterocycles. The molecule has 1 aromatic heterocycles. The van der Waals surface area contributed by atoms with Gasteiger partial charge < -0.3 is 10.0 Å². The van der Waals surface area contributed by atoms with E-state index in [9.17, 15) is 5.11 Å². The van der Waals surface area contributed by atoms with E-state index in [1.807, 2.05) is 53.2 Å². The van der Waals surface area contributed by atoms with Crippen LogP contribution in [0.3, 0.4) is 0 Å². The van der Waals surface area contributed by atoms with Gasteiger partial charge in [-0.1, -0.05) is 55.8 Å². The SMILES string of the molecule is CCN(CC)CCn1nc(/C=C/c2ccccc2Cl)nc1-c1ccccc1O.